The standard InChI is InChI=1S/C32H33F2N3O/c1-4-22-10-9-11-23(5-2)32(22)37-15-14-29(35-16-18-36(19-17-35)31(38)6-3)26-20-28(34)25(21-30(26)37)24-12-7-8-13-27(24)33/h6-14,20-21H,3-5,15-19H2,1-2H3/i15D. The highest BCUT2D eigenvalue weighted by atomic mass is 19.1. The number of aryl methyl sites for hydroxylation is 2. The van der Waals surface area contributed by atoms with E-state index in [9.17, 15) is 10.6 Å². The molecular weight excluding hydrogens is 480 g/mol. The Kier molecular flexibility index (Phi) is 6.95. The van der Waals surface area contributed by atoms with Crippen LogP contribution in [0.2, 0.25) is 0 Å². The van der Waals surface area contributed by atoms with Crippen molar-refractivity contribution in [3.8, 4) is 11.1 Å². The zero-order valence-electron chi connectivity index (χ0n) is 22.9. The number of piperazine rings is 1. The molecule has 3 aromatic carbocycles. The molecule has 6 heteroatoms. The smallest absolute Gasteiger partial charge is 0.246 e. The minimum atomic E-state index is -0.780. The van der Waals surface area contributed by atoms with Crippen LogP contribution in [0.1, 0.15) is 31.9 Å². The van der Waals surface area contributed by atoms with Crippen LogP contribution in [0.25, 0.3) is 16.8 Å². The van der Waals surface area contributed by atoms with E-state index in [0.717, 1.165) is 35.4 Å². The van der Waals surface area contributed by atoms with Gasteiger partial charge in [0.05, 0.1) is 7.06 Å². The molecule has 0 aromatic heterocycles. The monoisotopic (exact) mass is 514 g/mol. The Balaban J connectivity index is 1.68. The van der Waals surface area contributed by atoms with Crippen LogP contribution in [0.3, 0.4) is 0 Å². The molecule has 196 valence electrons. The topological polar surface area (TPSA) is 26.8 Å². The molecule has 1 saturated heterocycles. The van der Waals surface area contributed by atoms with Crippen molar-refractivity contribution in [1.82, 2.24) is 9.80 Å². The molecule has 2 aliphatic rings. The minimum Gasteiger partial charge on any atom is -0.368 e. The van der Waals surface area contributed by atoms with Crippen molar-refractivity contribution in [2.75, 3.05) is 37.6 Å². The lowest BCUT2D eigenvalue weighted by Crippen LogP contribution is -2.47. The summed E-state index contributed by atoms with van der Waals surface area (Å²) in [4.78, 5) is 17.9. The highest BCUT2D eigenvalue weighted by Gasteiger charge is 2.30. The molecular formula is C32H33F2N3O. The second-order valence-electron chi connectivity index (χ2n) is 9.55. The lowest BCUT2D eigenvalue weighted by atomic mass is 9.94. The quantitative estimate of drug-likeness (QED) is 0.348. The second-order valence-corrected chi connectivity index (χ2v) is 9.55. The molecule has 1 fully saturated rings. The van der Waals surface area contributed by atoms with Gasteiger partial charge in [0.2, 0.25) is 5.91 Å². The van der Waals surface area contributed by atoms with Crippen molar-refractivity contribution >= 4 is 23.0 Å². The zero-order chi connectivity index (χ0) is 27.7. The molecule has 5 rings (SSSR count). The Bertz CT molecular complexity index is 1420. The van der Waals surface area contributed by atoms with Crippen molar-refractivity contribution in [3.63, 3.8) is 0 Å². The number of hydrogen-bond donors (Lipinski definition) is 0. The van der Waals surface area contributed by atoms with Crippen molar-refractivity contribution in [1.29, 1.82) is 0 Å². The molecule has 4 nitrogen and oxygen atoms in total. The van der Waals surface area contributed by atoms with Gasteiger partial charge in [-0.1, -0.05) is 56.8 Å². The van der Waals surface area contributed by atoms with Crippen molar-refractivity contribution in [2.45, 2.75) is 26.7 Å². The molecule has 0 aliphatic carbocycles. The number of carbonyl (C=O) groups excluding carboxylic acids is 1. The third-order valence-electron chi connectivity index (χ3n) is 7.48. The van der Waals surface area contributed by atoms with Gasteiger partial charge in [0, 0.05) is 60.8 Å². The molecule has 0 bridgehead atoms. The van der Waals surface area contributed by atoms with E-state index in [1.807, 2.05) is 17.0 Å². The summed E-state index contributed by atoms with van der Waals surface area (Å²) in [6.45, 7) is 9.11. The summed E-state index contributed by atoms with van der Waals surface area (Å²) in [7, 11) is 0. The van der Waals surface area contributed by atoms with Crippen molar-refractivity contribution in [3.05, 3.63) is 102 Å². The number of amides is 1. The Morgan fingerprint density at radius 1 is 0.921 bits per heavy atom. The van der Waals surface area contributed by atoms with Crippen LogP contribution >= 0.6 is 0 Å². The van der Waals surface area contributed by atoms with E-state index in [1.54, 1.807) is 29.2 Å². The van der Waals surface area contributed by atoms with E-state index in [0.29, 0.717) is 37.4 Å². The van der Waals surface area contributed by atoms with Gasteiger partial charge in [0.15, 0.2) is 0 Å². The van der Waals surface area contributed by atoms with Gasteiger partial charge in [-0.25, -0.2) is 8.78 Å². The van der Waals surface area contributed by atoms with Gasteiger partial charge in [-0.15, -0.1) is 0 Å². The van der Waals surface area contributed by atoms with Crippen LogP contribution in [-0.2, 0) is 17.6 Å². The van der Waals surface area contributed by atoms with Crippen LogP contribution in [0, 0.1) is 11.6 Å². The number of para-hydroxylation sites is 1. The largest absolute Gasteiger partial charge is 0.368 e. The molecule has 1 amide bonds. The Morgan fingerprint density at radius 2 is 1.61 bits per heavy atom. The average molecular weight is 515 g/mol. The normalized spacial score (nSPS) is 17.6. The highest BCUT2D eigenvalue weighted by molar-refractivity contribution is 5.89. The van der Waals surface area contributed by atoms with Crippen LogP contribution in [-0.4, -0.2) is 48.4 Å². The second kappa shape index (κ2) is 10.8. The summed E-state index contributed by atoms with van der Waals surface area (Å²) < 4.78 is 39.9. The van der Waals surface area contributed by atoms with E-state index in [-0.39, 0.29) is 17.0 Å². The van der Waals surface area contributed by atoms with E-state index >= 15 is 4.39 Å². The predicted octanol–water partition coefficient (Wildman–Crippen LogP) is 6.58. The van der Waals surface area contributed by atoms with E-state index in [2.05, 4.69) is 37.5 Å². The molecule has 2 aliphatic heterocycles. The van der Waals surface area contributed by atoms with E-state index in [4.69, 9.17) is 0 Å². The average Bonchev–Trinajstić information content (AvgIpc) is 2.96. The summed E-state index contributed by atoms with van der Waals surface area (Å²) in [6, 6.07) is 15.5. The maximum absolute atomic E-state index is 15.8. The van der Waals surface area contributed by atoms with Crippen LogP contribution in [0.4, 0.5) is 20.2 Å². The lowest BCUT2D eigenvalue weighted by molar-refractivity contribution is -0.127. The number of anilines is 2. The number of rotatable bonds is 6. The van der Waals surface area contributed by atoms with Crippen molar-refractivity contribution < 1.29 is 14.9 Å². The number of halogens is 2. The Morgan fingerprint density at radius 3 is 2.24 bits per heavy atom. The van der Waals surface area contributed by atoms with Gasteiger partial charge >= 0.3 is 0 Å². The highest BCUT2D eigenvalue weighted by Crippen LogP contribution is 2.44. The molecule has 3 aromatic rings. The van der Waals surface area contributed by atoms with Gasteiger partial charge in [0.1, 0.15) is 11.6 Å². The summed E-state index contributed by atoms with van der Waals surface area (Å²) in [5.74, 6) is -1.13. The van der Waals surface area contributed by atoms with Crippen LogP contribution < -0.4 is 4.90 Å². The van der Waals surface area contributed by atoms with Gasteiger partial charge in [-0.2, -0.15) is 0 Å². The molecule has 0 N–H and O–H groups in total. The predicted molar refractivity (Wildman–Crippen MR) is 150 cm³/mol. The first kappa shape index (κ1) is 24.4. The van der Waals surface area contributed by atoms with E-state index in [1.165, 1.54) is 18.2 Å². The molecule has 1 atom stereocenters. The van der Waals surface area contributed by atoms with Gasteiger partial charge in [-0.3, -0.25) is 4.79 Å². The lowest BCUT2D eigenvalue weighted by Gasteiger charge is -2.41. The number of hydrogen-bond acceptors (Lipinski definition) is 3. The number of fused-ring (bicyclic) bond motifs is 1. The summed E-state index contributed by atoms with van der Waals surface area (Å²) in [5.41, 5.74) is 5.60. The fourth-order valence-electron chi connectivity index (χ4n) is 5.46. The number of nitrogens with zero attached hydrogens (tertiary/aromatic N) is 3. The fraction of sp³-hybridized carbons (Fsp3) is 0.281. The maximum Gasteiger partial charge on any atom is 0.246 e. The van der Waals surface area contributed by atoms with E-state index < -0.39 is 18.2 Å². The minimum absolute atomic E-state index is 0.110. The first-order valence-electron chi connectivity index (χ1n) is 13.7. The fourth-order valence-corrected chi connectivity index (χ4v) is 5.46. The SMILES string of the molecule is [2H]C1C=C(N2CCN(C(=O)C=C)CC2)c2cc(F)c(-c3ccccc3F)cc2N1c1c(CC)cccc1CC. The molecule has 0 radical (unpaired) electrons. The zero-order valence-corrected chi connectivity index (χ0v) is 21.9. The van der Waals surface area contributed by atoms with Gasteiger partial charge < -0.3 is 14.7 Å². The third-order valence-corrected chi connectivity index (χ3v) is 7.48. The van der Waals surface area contributed by atoms with Crippen LogP contribution in [0.5, 0.6) is 0 Å². The first-order valence-corrected chi connectivity index (χ1v) is 13.2. The van der Waals surface area contributed by atoms with Gasteiger partial charge in [-0.05, 0) is 54.3 Å². The number of benzene rings is 3. The molecule has 0 saturated carbocycles. The summed E-state index contributed by atoms with van der Waals surface area (Å²) >= 11 is 0. The summed E-state index contributed by atoms with van der Waals surface area (Å²) in [5, 5.41) is 0. The third kappa shape index (κ3) is 4.60. The molecule has 2 heterocycles. The Hall–Kier alpha value is -3.93. The maximum atomic E-state index is 15.8. The van der Waals surface area contributed by atoms with Crippen LogP contribution in [0.15, 0.2) is 73.3 Å². The Labute approximate surface area is 224 Å². The van der Waals surface area contributed by atoms with Gasteiger partial charge in [0.25, 0.3) is 0 Å². The number of carbonyl (C=O) groups is 1. The molecule has 38 heavy (non-hydrogen) atoms. The first-order chi connectivity index (χ1) is 18.9. The van der Waals surface area contributed by atoms with Crippen molar-refractivity contribution in [2.24, 2.45) is 0 Å². The molecule has 0 spiro atoms. The molecule has 1 unspecified atom stereocenters. The summed E-state index contributed by atoms with van der Waals surface area (Å²) in [6.07, 6.45) is 4.73.